The first-order chi connectivity index (χ1) is 11.9. The molecule has 0 bridgehead atoms. The monoisotopic (exact) mass is 321 g/mol. The summed E-state index contributed by atoms with van der Waals surface area (Å²) in [4.78, 5) is 4.70. The molecule has 1 aliphatic rings. The largest absolute Gasteiger partial charge is 0.356 e. The van der Waals surface area contributed by atoms with Gasteiger partial charge in [-0.05, 0) is 24.0 Å². The first kappa shape index (κ1) is 16.6. The Hall–Kier alpha value is -2.29. The Morgan fingerprint density at radius 1 is 0.833 bits per heavy atom. The van der Waals surface area contributed by atoms with Crippen LogP contribution in [0, 0.1) is 0 Å². The lowest BCUT2D eigenvalue weighted by molar-refractivity contribution is 0.648. The Labute approximate surface area is 145 Å². The van der Waals surface area contributed by atoms with E-state index in [4.69, 9.17) is 4.99 Å². The highest BCUT2D eigenvalue weighted by Gasteiger charge is 2.14. The van der Waals surface area contributed by atoms with Gasteiger partial charge < -0.3 is 10.6 Å². The van der Waals surface area contributed by atoms with Crippen molar-refractivity contribution in [2.45, 2.75) is 31.6 Å². The first-order valence-electron chi connectivity index (χ1n) is 9.05. The highest BCUT2D eigenvalue weighted by Crippen LogP contribution is 2.23. The molecule has 3 heteroatoms. The highest BCUT2D eigenvalue weighted by molar-refractivity contribution is 5.79. The van der Waals surface area contributed by atoms with E-state index in [0.29, 0.717) is 5.92 Å². The molecule has 126 valence electrons. The van der Waals surface area contributed by atoms with Gasteiger partial charge >= 0.3 is 0 Å². The molecular formula is C21H27N3. The maximum Gasteiger partial charge on any atom is 0.191 e. The summed E-state index contributed by atoms with van der Waals surface area (Å²) in [5, 5.41) is 7.01. The number of aliphatic imine (C=N–C) groups is 1. The van der Waals surface area contributed by atoms with E-state index in [-0.39, 0.29) is 0 Å². The van der Waals surface area contributed by atoms with Crippen LogP contribution in [0.4, 0.5) is 0 Å². The zero-order valence-corrected chi connectivity index (χ0v) is 14.2. The minimum atomic E-state index is 0.324. The zero-order valence-electron chi connectivity index (χ0n) is 14.2. The van der Waals surface area contributed by atoms with Crippen LogP contribution in [-0.2, 0) is 0 Å². The molecule has 0 aromatic heterocycles. The molecule has 0 atom stereocenters. The van der Waals surface area contributed by atoms with Gasteiger partial charge in [0.25, 0.3) is 0 Å². The van der Waals surface area contributed by atoms with E-state index >= 15 is 0 Å². The van der Waals surface area contributed by atoms with Crippen LogP contribution in [0.5, 0.6) is 0 Å². The van der Waals surface area contributed by atoms with Gasteiger partial charge in [-0.25, -0.2) is 0 Å². The summed E-state index contributed by atoms with van der Waals surface area (Å²) in [6.07, 6.45) is 5.00. The van der Waals surface area contributed by atoms with E-state index in [1.807, 2.05) is 0 Å². The molecule has 0 fully saturated rings. The number of hydrogen-bond acceptors (Lipinski definition) is 3. The number of nitrogens with zero attached hydrogens (tertiary/aromatic N) is 1. The molecule has 1 heterocycles. The third-order valence-electron chi connectivity index (χ3n) is 4.52. The lowest BCUT2D eigenvalue weighted by Gasteiger charge is -2.20. The first-order valence-corrected chi connectivity index (χ1v) is 9.05. The van der Waals surface area contributed by atoms with E-state index in [2.05, 4.69) is 71.3 Å². The third kappa shape index (κ3) is 4.85. The molecule has 0 aliphatic carbocycles. The smallest absolute Gasteiger partial charge is 0.191 e. The van der Waals surface area contributed by atoms with Crippen molar-refractivity contribution in [2.75, 3.05) is 19.6 Å². The molecule has 2 aromatic rings. The van der Waals surface area contributed by atoms with Gasteiger partial charge in [-0.2, -0.15) is 0 Å². The van der Waals surface area contributed by atoms with E-state index < -0.39 is 0 Å². The quantitative estimate of drug-likeness (QED) is 0.895. The number of benzene rings is 2. The van der Waals surface area contributed by atoms with Crippen LogP contribution in [0.25, 0.3) is 0 Å². The fraction of sp³-hybridized carbons (Fsp3) is 0.381. The summed E-state index contributed by atoms with van der Waals surface area (Å²) in [7, 11) is 0. The zero-order chi connectivity index (χ0) is 16.5. The number of hydrogen-bond donors (Lipinski definition) is 2. The lowest BCUT2D eigenvalue weighted by Crippen LogP contribution is -2.40. The molecule has 0 spiro atoms. The van der Waals surface area contributed by atoms with E-state index in [0.717, 1.165) is 25.6 Å². The minimum absolute atomic E-state index is 0.324. The van der Waals surface area contributed by atoms with Crippen molar-refractivity contribution < 1.29 is 0 Å². The minimum Gasteiger partial charge on any atom is -0.356 e. The average Bonchev–Trinajstić information content (AvgIpc) is 2.78. The highest BCUT2D eigenvalue weighted by atomic mass is 15.2. The van der Waals surface area contributed by atoms with Gasteiger partial charge in [0.05, 0.1) is 0 Å². The predicted octanol–water partition coefficient (Wildman–Crippen LogP) is 3.93. The summed E-state index contributed by atoms with van der Waals surface area (Å²) in [5.41, 5.74) is 2.67. The van der Waals surface area contributed by atoms with Crippen molar-refractivity contribution >= 4 is 5.96 Å². The Kier molecular flexibility index (Phi) is 6.29. The normalized spacial score (nSPS) is 15.6. The van der Waals surface area contributed by atoms with Crippen molar-refractivity contribution in [3.05, 3.63) is 71.8 Å². The van der Waals surface area contributed by atoms with Crippen LogP contribution >= 0.6 is 0 Å². The standard InChI is InChI=1S/C21H27N3/c1-2-10-16-23-21(22-15-9-1)24-17-20(18-11-5-3-6-12-18)19-13-7-4-8-14-19/h3-8,11-14,20H,1-2,9-10,15-17H2,(H2,22,23,24). The van der Waals surface area contributed by atoms with Gasteiger partial charge in [-0.15, -0.1) is 0 Å². The predicted molar refractivity (Wildman–Crippen MR) is 102 cm³/mol. The maximum absolute atomic E-state index is 4.70. The number of guanidine groups is 1. The summed E-state index contributed by atoms with van der Waals surface area (Å²) in [6.45, 7) is 2.77. The van der Waals surface area contributed by atoms with E-state index in [1.165, 1.54) is 36.8 Å². The van der Waals surface area contributed by atoms with Gasteiger partial charge in [0.2, 0.25) is 0 Å². The van der Waals surface area contributed by atoms with Crippen LogP contribution in [0.2, 0.25) is 0 Å². The van der Waals surface area contributed by atoms with Crippen LogP contribution < -0.4 is 10.6 Å². The Bertz CT molecular complexity index is 583. The SMILES string of the molecule is c1ccc(C(CNC2=NCCCCCCN2)c2ccccc2)cc1. The fourth-order valence-electron chi connectivity index (χ4n) is 3.16. The van der Waals surface area contributed by atoms with Crippen LogP contribution in [0.15, 0.2) is 65.7 Å². The van der Waals surface area contributed by atoms with Crippen molar-refractivity contribution in [2.24, 2.45) is 4.99 Å². The maximum atomic E-state index is 4.70. The molecule has 0 unspecified atom stereocenters. The van der Waals surface area contributed by atoms with E-state index in [1.54, 1.807) is 0 Å². The van der Waals surface area contributed by atoms with Crippen molar-refractivity contribution in [1.82, 2.24) is 10.6 Å². The Morgan fingerprint density at radius 3 is 2.12 bits per heavy atom. The summed E-state index contributed by atoms with van der Waals surface area (Å²) >= 11 is 0. The molecule has 2 N–H and O–H groups in total. The van der Waals surface area contributed by atoms with Crippen LogP contribution in [-0.4, -0.2) is 25.6 Å². The Morgan fingerprint density at radius 2 is 1.46 bits per heavy atom. The van der Waals surface area contributed by atoms with Gasteiger partial charge in [0, 0.05) is 25.6 Å². The average molecular weight is 321 g/mol. The van der Waals surface area contributed by atoms with Crippen molar-refractivity contribution in [3.63, 3.8) is 0 Å². The molecule has 24 heavy (non-hydrogen) atoms. The Balaban J connectivity index is 1.72. The number of nitrogens with one attached hydrogen (secondary N) is 2. The molecule has 3 nitrogen and oxygen atoms in total. The second-order valence-electron chi connectivity index (χ2n) is 6.33. The topological polar surface area (TPSA) is 36.4 Å². The molecule has 2 aromatic carbocycles. The van der Waals surface area contributed by atoms with E-state index in [9.17, 15) is 0 Å². The van der Waals surface area contributed by atoms with Gasteiger partial charge in [-0.1, -0.05) is 73.5 Å². The molecule has 3 rings (SSSR count). The van der Waals surface area contributed by atoms with Gasteiger partial charge in [-0.3, -0.25) is 4.99 Å². The summed E-state index contributed by atoms with van der Waals surface area (Å²) < 4.78 is 0. The van der Waals surface area contributed by atoms with Gasteiger partial charge in [0.1, 0.15) is 0 Å². The molecule has 0 saturated heterocycles. The fourth-order valence-corrected chi connectivity index (χ4v) is 3.16. The van der Waals surface area contributed by atoms with Crippen LogP contribution in [0.1, 0.15) is 42.7 Å². The lowest BCUT2D eigenvalue weighted by atomic mass is 9.91. The second kappa shape index (κ2) is 9.11. The van der Waals surface area contributed by atoms with Crippen molar-refractivity contribution in [1.29, 1.82) is 0 Å². The summed E-state index contributed by atoms with van der Waals surface area (Å²) in [6, 6.07) is 21.4. The second-order valence-corrected chi connectivity index (χ2v) is 6.33. The molecule has 1 aliphatic heterocycles. The molecule has 0 amide bonds. The third-order valence-corrected chi connectivity index (χ3v) is 4.52. The molecule has 0 saturated carbocycles. The van der Waals surface area contributed by atoms with Crippen molar-refractivity contribution in [3.8, 4) is 0 Å². The summed E-state index contributed by atoms with van der Waals surface area (Å²) in [5.74, 6) is 1.28. The molecular weight excluding hydrogens is 294 g/mol. The van der Waals surface area contributed by atoms with Crippen LogP contribution in [0.3, 0.4) is 0 Å². The molecule has 0 radical (unpaired) electrons. The number of rotatable bonds is 4. The van der Waals surface area contributed by atoms with Gasteiger partial charge in [0.15, 0.2) is 5.96 Å².